The Bertz CT molecular complexity index is 354. The second-order valence-electron chi connectivity index (χ2n) is 5.25. The number of likely N-dealkylation sites (N-methyl/N-ethyl adjacent to an activating group) is 1. The molecule has 0 radical (unpaired) electrons. The molecule has 110 valence electrons. The highest BCUT2D eigenvalue weighted by molar-refractivity contribution is 7.10. The molecule has 2 unspecified atom stereocenters. The fourth-order valence-electron chi connectivity index (χ4n) is 2.42. The Hall–Kier alpha value is -0.420. The molecule has 0 aliphatic heterocycles. The second-order valence-corrected chi connectivity index (χ2v) is 6.20. The number of nitrogens with two attached hydrogens (primary N) is 1. The topological polar surface area (TPSA) is 49.5 Å². The molecule has 2 atom stereocenters. The third-order valence-electron chi connectivity index (χ3n) is 3.69. The van der Waals surface area contributed by atoms with Crippen LogP contribution in [0.3, 0.4) is 0 Å². The molecule has 0 amide bonds. The van der Waals surface area contributed by atoms with E-state index in [0.29, 0.717) is 12.6 Å². The van der Waals surface area contributed by atoms with Crippen molar-refractivity contribution in [3.8, 4) is 0 Å². The van der Waals surface area contributed by atoms with E-state index in [1.807, 2.05) is 11.3 Å². The molecule has 0 aliphatic rings. The lowest BCUT2D eigenvalue weighted by atomic mass is 10.0. The molecule has 1 aromatic rings. The fourth-order valence-corrected chi connectivity index (χ4v) is 3.59. The van der Waals surface area contributed by atoms with Crippen molar-refractivity contribution in [2.45, 2.75) is 51.6 Å². The van der Waals surface area contributed by atoms with E-state index < -0.39 is 0 Å². The normalized spacial score (nSPS) is 14.8. The number of nitrogens with zero attached hydrogens (tertiary/aromatic N) is 1. The maximum absolute atomic E-state index is 8.82. The summed E-state index contributed by atoms with van der Waals surface area (Å²) in [5.41, 5.74) is 7.68. The van der Waals surface area contributed by atoms with Crippen LogP contribution in [0, 0.1) is 6.92 Å². The molecule has 0 aliphatic carbocycles. The first-order valence-corrected chi connectivity index (χ1v) is 8.10. The Morgan fingerprint density at radius 1 is 1.37 bits per heavy atom. The molecular formula is C15H28N2OS. The quantitative estimate of drug-likeness (QED) is 0.686. The maximum Gasteiger partial charge on any atom is 0.0593 e. The minimum Gasteiger partial charge on any atom is -0.396 e. The Labute approximate surface area is 121 Å². The average molecular weight is 284 g/mol. The number of thiophene rings is 1. The monoisotopic (exact) mass is 284 g/mol. The number of hydrogen-bond acceptors (Lipinski definition) is 4. The molecule has 0 bridgehead atoms. The summed E-state index contributed by atoms with van der Waals surface area (Å²) in [4.78, 5) is 3.78. The molecule has 0 fully saturated rings. The van der Waals surface area contributed by atoms with Crippen LogP contribution in [0.25, 0.3) is 0 Å². The minimum atomic E-state index is 0.181. The zero-order chi connectivity index (χ0) is 14.3. The first kappa shape index (κ1) is 16.6. The highest BCUT2D eigenvalue weighted by atomic mass is 32.1. The number of hydrogen-bond donors (Lipinski definition) is 2. The largest absolute Gasteiger partial charge is 0.396 e. The van der Waals surface area contributed by atoms with Crippen molar-refractivity contribution in [1.29, 1.82) is 0 Å². The minimum absolute atomic E-state index is 0.181. The maximum atomic E-state index is 8.82. The van der Waals surface area contributed by atoms with Gasteiger partial charge in [-0.15, -0.1) is 11.3 Å². The third-order valence-corrected chi connectivity index (χ3v) is 4.78. The van der Waals surface area contributed by atoms with Gasteiger partial charge < -0.3 is 10.8 Å². The molecule has 0 saturated carbocycles. The molecule has 3 nitrogen and oxygen atoms in total. The van der Waals surface area contributed by atoms with Crippen molar-refractivity contribution in [2.75, 3.05) is 20.2 Å². The van der Waals surface area contributed by atoms with Gasteiger partial charge in [-0.25, -0.2) is 0 Å². The standard InChI is InChI=1S/C15H28N2OS/c1-4-13(16)14(15-12(2)8-11-19-15)17(3)9-6-5-7-10-18/h8,11,13-14,18H,4-7,9-10,16H2,1-3H3. The van der Waals surface area contributed by atoms with Gasteiger partial charge in [-0.1, -0.05) is 6.92 Å². The van der Waals surface area contributed by atoms with E-state index in [0.717, 1.165) is 32.2 Å². The lowest BCUT2D eigenvalue weighted by molar-refractivity contribution is 0.204. The number of unbranched alkanes of at least 4 members (excludes halogenated alkanes) is 2. The number of aryl methyl sites for hydroxylation is 1. The second kappa shape index (κ2) is 8.69. The SMILES string of the molecule is CCC(N)C(c1sccc1C)N(C)CCCCCO. The molecule has 4 heteroatoms. The van der Waals surface area contributed by atoms with Gasteiger partial charge in [0, 0.05) is 17.5 Å². The van der Waals surface area contributed by atoms with E-state index in [4.69, 9.17) is 10.8 Å². The lowest BCUT2D eigenvalue weighted by Gasteiger charge is -2.32. The molecule has 3 N–H and O–H groups in total. The van der Waals surface area contributed by atoms with Crippen molar-refractivity contribution in [2.24, 2.45) is 5.73 Å². The Morgan fingerprint density at radius 2 is 2.11 bits per heavy atom. The van der Waals surface area contributed by atoms with Crippen LogP contribution in [-0.2, 0) is 0 Å². The molecule has 0 saturated heterocycles. The summed E-state index contributed by atoms with van der Waals surface area (Å²) in [7, 11) is 2.16. The summed E-state index contributed by atoms with van der Waals surface area (Å²) in [5, 5.41) is 11.0. The first-order valence-electron chi connectivity index (χ1n) is 7.22. The fraction of sp³-hybridized carbons (Fsp3) is 0.733. The molecule has 19 heavy (non-hydrogen) atoms. The highest BCUT2D eigenvalue weighted by Gasteiger charge is 2.25. The van der Waals surface area contributed by atoms with E-state index in [9.17, 15) is 0 Å². The van der Waals surface area contributed by atoms with Gasteiger partial charge in [0.15, 0.2) is 0 Å². The van der Waals surface area contributed by atoms with Crippen LogP contribution in [0.15, 0.2) is 11.4 Å². The molecule has 1 heterocycles. The third kappa shape index (κ3) is 4.88. The van der Waals surface area contributed by atoms with Crippen molar-refractivity contribution in [3.05, 3.63) is 21.9 Å². The van der Waals surface area contributed by atoms with Crippen LogP contribution in [0.1, 0.15) is 49.1 Å². The van der Waals surface area contributed by atoms with E-state index in [1.165, 1.54) is 10.4 Å². The smallest absolute Gasteiger partial charge is 0.0593 e. The summed E-state index contributed by atoms with van der Waals surface area (Å²) >= 11 is 1.81. The van der Waals surface area contributed by atoms with Crippen LogP contribution < -0.4 is 5.73 Å². The van der Waals surface area contributed by atoms with Crippen LogP contribution >= 0.6 is 11.3 Å². The Kier molecular flexibility index (Phi) is 7.61. The molecule has 0 aromatic carbocycles. The molecule has 0 spiro atoms. The van der Waals surface area contributed by atoms with Crippen molar-refractivity contribution >= 4 is 11.3 Å². The van der Waals surface area contributed by atoms with Crippen LogP contribution in [0.5, 0.6) is 0 Å². The van der Waals surface area contributed by atoms with E-state index in [1.54, 1.807) is 0 Å². The summed E-state index contributed by atoms with van der Waals surface area (Å²) < 4.78 is 0. The van der Waals surface area contributed by atoms with E-state index in [2.05, 4.69) is 37.2 Å². The number of rotatable bonds is 9. The predicted molar refractivity (Wildman–Crippen MR) is 83.6 cm³/mol. The first-order chi connectivity index (χ1) is 9.11. The van der Waals surface area contributed by atoms with E-state index in [-0.39, 0.29) is 6.04 Å². The zero-order valence-electron chi connectivity index (χ0n) is 12.4. The van der Waals surface area contributed by atoms with Crippen LogP contribution in [0.4, 0.5) is 0 Å². The van der Waals surface area contributed by atoms with E-state index >= 15 is 0 Å². The summed E-state index contributed by atoms with van der Waals surface area (Å²) in [6, 6.07) is 2.67. The van der Waals surface area contributed by atoms with Crippen molar-refractivity contribution < 1.29 is 5.11 Å². The van der Waals surface area contributed by atoms with Gasteiger partial charge in [-0.05, 0) is 63.2 Å². The zero-order valence-corrected chi connectivity index (χ0v) is 13.2. The summed E-state index contributed by atoms with van der Waals surface area (Å²) in [6.45, 7) is 5.66. The highest BCUT2D eigenvalue weighted by Crippen LogP contribution is 2.31. The van der Waals surface area contributed by atoms with Gasteiger partial charge in [0.05, 0.1) is 6.04 Å². The van der Waals surface area contributed by atoms with Gasteiger partial charge in [-0.2, -0.15) is 0 Å². The Balaban J connectivity index is 2.66. The average Bonchev–Trinajstić information content (AvgIpc) is 2.81. The van der Waals surface area contributed by atoms with Crippen LogP contribution in [0.2, 0.25) is 0 Å². The van der Waals surface area contributed by atoms with Gasteiger partial charge in [0.2, 0.25) is 0 Å². The molecular weight excluding hydrogens is 256 g/mol. The Morgan fingerprint density at radius 3 is 2.63 bits per heavy atom. The molecule has 1 aromatic heterocycles. The van der Waals surface area contributed by atoms with Gasteiger partial charge >= 0.3 is 0 Å². The number of aliphatic hydroxyl groups is 1. The predicted octanol–water partition coefficient (Wildman–Crippen LogP) is 2.93. The van der Waals surface area contributed by atoms with Gasteiger partial charge in [0.25, 0.3) is 0 Å². The summed E-state index contributed by atoms with van der Waals surface area (Å²) in [5.74, 6) is 0. The van der Waals surface area contributed by atoms with Gasteiger partial charge in [0.1, 0.15) is 0 Å². The van der Waals surface area contributed by atoms with Gasteiger partial charge in [-0.3, -0.25) is 4.90 Å². The lowest BCUT2D eigenvalue weighted by Crippen LogP contribution is -2.39. The number of aliphatic hydroxyl groups excluding tert-OH is 1. The van der Waals surface area contributed by atoms with Crippen molar-refractivity contribution in [1.82, 2.24) is 4.90 Å². The summed E-state index contributed by atoms with van der Waals surface area (Å²) in [6.07, 6.45) is 4.09. The van der Waals surface area contributed by atoms with Crippen LogP contribution in [-0.4, -0.2) is 36.2 Å². The van der Waals surface area contributed by atoms with Crippen molar-refractivity contribution in [3.63, 3.8) is 0 Å². The molecule has 1 rings (SSSR count).